The molecular formula is C16H29N3O3S. The molecule has 23 heavy (non-hydrogen) atoms. The summed E-state index contributed by atoms with van der Waals surface area (Å²) in [6.07, 6.45) is 5.67. The molecule has 2 aliphatic heterocycles. The number of carbonyl (C=O) groups excluding carboxylic acids is 1. The lowest BCUT2D eigenvalue weighted by Gasteiger charge is -2.39. The van der Waals surface area contributed by atoms with E-state index in [4.69, 9.17) is 0 Å². The highest BCUT2D eigenvalue weighted by molar-refractivity contribution is 7.89. The maximum Gasteiger partial charge on any atom is 0.225 e. The molecule has 3 fully saturated rings. The van der Waals surface area contributed by atoms with Crippen LogP contribution in [0.5, 0.6) is 0 Å². The summed E-state index contributed by atoms with van der Waals surface area (Å²) in [5.41, 5.74) is 0. The Morgan fingerprint density at radius 2 is 1.83 bits per heavy atom. The first-order valence-electron chi connectivity index (χ1n) is 9.00. The molecule has 3 rings (SSSR count). The molecule has 2 heterocycles. The number of sulfonamides is 1. The van der Waals surface area contributed by atoms with Crippen molar-refractivity contribution in [2.45, 2.75) is 56.7 Å². The van der Waals surface area contributed by atoms with Crippen LogP contribution in [0.15, 0.2) is 0 Å². The first-order chi connectivity index (χ1) is 11.0. The van der Waals surface area contributed by atoms with Gasteiger partial charge in [0.05, 0.1) is 5.25 Å². The summed E-state index contributed by atoms with van der Waals surface area (Å²) in [5.74, 6) is 0.324. The van der Waals surface area contributed by atoms with Crippen molar-refractivity contribution in [3.8, 4) is 0 Å². The third-order valence-corrected chi connectivity index (χ3v) is 8.01. The molecule has 132 valence electrons. The molecule has 1 unspecified atom stereocenters. The molecule has 3 aliphatic rings. The second kappa shape index (κ2) is 7.07. The van der Waals surface area contributed by atoms with E-state index in [1.165, 1.54) is 0 Å². The van der Waals surface area contributed by atoms with Gasteiger partial charge in [-0.05, 0) is 32.6 Å². The smallest absolute Gasteiger partial charge is 0.225 e. The average Bonchev–Trinajstić information content (AvgIpc) is 3.09. The molecule has 0 radical (unpaired) electrons. The van der Waals surface area contributed by atoms with Crippen LogP contribution in [0.4, 0.5) is 0 Å². The molecule has 7 heteroatoms. The Morgan fingerprint density at radius 1 is 1.09 bits per heavy atom. The first-order valence-corrected chi connectivity index (χ1v) is 10.5. The minimum Gasteiger partial charge on any atom is -0.341 e. The largest absolute Gasteiger partial charge is 0.341 e. The van der Waals surface area contributed by atoms with E-state index in [2.05, 4.69) is 5.32 Å². The van der Waals surface area contributed by atoms with Gasteiger partial charge in [-0.2, -0.15) is 4.31 Å². The third-order valence-electron chi connectivity index (χ3n) is 5.58. The minimum atomic E-state index is -3.32. The molecule has 0 spiro atoms. The van der Waals surface area contributed by atoms with Gasteiger partial charge in [0.2, 0.25) is 15.9 Å². The summed E-state index contributed by atoms with van der Waals surface area (Å²) in [5, 5.41) is 2.80. The number of rotatable bonds is 3. The Balaban J connectivity index is 1.68. The number of piperidine rings is 1. The zero-order valence-corrected chi connectivity index (χ0v) is 14.9. The van der Waals surface area contributed by atoms with Gasteiger partial charge in [-0.1, -0.05) is 12.8 Å². The van der Waals surface area contributed by atoms with Crippen molar-refractivity contribution in [3.63, 3.8) is 0 Å². The highest BCUT2D eigenvalue weighted by atomic mass is 32.2. The Bertz CT molecular complexity index is 531. The molecule has 1 N–H and O–H groups in total. The van der Waals surface area contributed by atoms with E-state index in [1.807, 2.05) is 11.8 Å². The average molecular weight is 343 g/mol. The van der Waals surface area contributed by atoms with Gasteiger partial charge in [0.25, 0.3) is 0 Å². The van der Waals surface area contributed by atoms with Crippen molar-refractivity contribution in [1.29, 1.82) is 0 Å². The van der Waals surface area contributed by atoms with E-state index >= 15 is 0 Å². The van der Waals surface area contributed by atoms with Crippen LogP contribution in [-0.4, -0.2) is 67.5 Å². The topological polar surface area (TPSA) is 69.7 Å². The Hall–Kier alpha value is -0.660. The summed E-state index contributed by atoms with van der Waals surface area (Å²) < 4.78 is 27.7. The summed E-state index contributed by atoms with van der Waals surface area (Å²) in [7, 11) is -3.32. The van der Waals surface area contributed by atoms with Crippen molar-refractivity contribution >= 4 is 15.9 Å². The van der Waals surface area contributed by atoms with Crippen LogP contribution in [-0.2, 0) is 14.8 Å². The van der Waals surface area contributed by atoms with E-state index in [0.717, 1.165) is 38.6 Å². The van der Waals surface area contributed by atoms with E-state index in [-0.39, 0.29) is 17.9 Å². The van der Waals surface area contributed by atoms with Gasteiger partial charge in [0, 0.05) is 44.7 Å². The number of likely N-dealkylation sites (tertiary alicyclic amines) is 1. The van der Waals surface area contributed by atoms with Gasteiger partial charge in [0.15, 0.2) is 0 Å². The fourth-order valence-electron chi connectivity index (χ4n) is 4.20. The Morgan fingerprint density at radius 3 is 2.52 bits per heavy atom. The molecule has 2 atom stereocenters. The van der Waals surface area contributed by atoms with Crippen LogP contribution in [0.1, 0.15) is 45.4 Å². The summed E-state index contributed by atoms with van der Waals surface area (Å²) in [6.45, 7) is 5.01. The van der Waals surface area contributed by atoms with Crippen LogP contribution in [0.25, 0.3) is 0 Å². The molecule has 1 saturated carbocycles. The fourth-order valence-corrected chi connectivity index (χ4v) is 6.34. The zero-order chi connectivity index (χ0) is 16.4. The number of nitrogens with one attached hydrogen (secondary N) is 1. The lowest BCUT2D eigenvalue weighted by atomic mass is 10.0. The van der Waals surface area contributed by atoms with Gasteiger partial charge in [0.1, 0.15) is 0 Å². The highest BCUT2D eigenvalue weighted by Gasteiger charge is 2.40. The summed E-state index contributed by atoms with van der Waals surface area (Å²) in [6, 6.07) is -0.00494. The molecule has 1 aliphatic carbocycles. The first kappa shape index (κ1) is 17.2. The minimum absolute atomic E-state index is 0.00494. The Labute approximate surface area is 139 Å². The van der Waals surface area contributed by atoms with E-state index in [0.29, 0.717) is 32.6 Å². The fraction of sp³-hybridized carbons (Fsp3) is 0.938. The molecule has 0 aromatic rings. The van der Waals surface area contributed by atoms with Crippen molar-refractivity contribution in [2.75, 3.05) is 32.7 Å². The maximum absolute atomic E-state index is 13.0. The van der Waals surface area contributed by atoms with E-state index < -0.39 is 15.3 Å². The lowest BCUT2D eigenvalue weighted by Crippen LogP contribution is -2.57. The van der Waals surface area contributed by atoms with Crippen molar-refractivity contribution in [1.82, 2.24) is 14.5 Å². The maximum atomic E-state index is 13.0. The normalized spacial score (nSPS) is 31.4. The van der Waals surface area contributed by atoms with Crippen molar-refractivity contribution in [3.05, 3.63) is 0 Å². The molecule has 0 bridgehead atoms. The number of carbonyl (C=O) groups is 1. The second-order valence-corrected chi connectivity index (χ2v) is 9.40. The van der Waals surface area contributed by atoms with Crippen LogP contribution >= 0.6 is 0 Å². The molecule has 1 amide bonds. The molecule has 2 saturated heterocycles. The van der Waals surface area contributed by atoms with Gasteiger partial charge in [-0.3, -0.25) is 4.79 Å². The highest BCUT2D eigenvalue weighted by Crippen LogP contribution is 2.29. The van der Waals surface area contributed by atoms with Crippen LogP contribution in [0.2, 0.25) is 0 Å². The van der Waals surface area contributed by atoms with Gasteiger partial charge >= 0.3 is 0 Å². The number of hydrogen-bond donors (Lipinski definition) is 1. The summed E-state index contributed by atoms with van der Waals surface area (Å²) in [4.78, 5) is 14.4. The zero-order valence-electron chi connectivity index (χ0n) is 14.0. The lowest BCUT2D eigenvalue weighted by molar-refractivity contribution is -0.136. The van der Waals surface area contributed by atoms with Crippen LogP contribution in [0.3, 0.4) is 0 Å². The quantitative estimate of drug-likeness (QED) is 0.823. The number of hydrogen-bond acceptors (Lipinski definition) is 4. The number of amides is 1. The molecule has 6 nitrogen and oxygen atoms in total. The third kappa shape index (κ3) is 3.56. The van der Waals surface area contributed by atoms with Crippen molar-refractivity contribution < 1.29 is 13.2 Å². The number of piperazine rings is 1. The van der Waals surface area contributed by atoms with E-state index in [9.17, 15) is 13.2 Å². The molecular weight excluding hydrogens is 314 g/mol. The molecule has 0 aromatic carbocycles. The standard InChI is InChI=1S/C16H29N3O3S/c1-13-11-17-8-10-19(13)23(21,22)15-7-4-9-18(12-15)16(20)14-5-2-3-6-14/h13-15,17H,2-12H2,1H3/t13-,15?/m1/s1. The van der Waals surface area contributed by atoms with Gasteiger partial charge in [-0.25, -0.2) is 8.42 Å². The number of nitrogens with zero attached hydrogens (tertiary/aromatic N) is 2. The summed E-state index contributed by atoms with van der Waals surface area (Å²) >= 11 is 0. The Kier molecular flexibility index (Phi) is 5.28. The van der Waals surface area contributed by atoms with Crippen molar-refractivity contribution in [2.24, 2.45) is 5.92 Å². The van der Waals surface area contributed by atoms with E-state index in [1.54, 1.807) is 4.31 Å². The predicted octanol–water partition coefficient (Wildman–Crippen LogP) is 0.791. The van der Waals surface area contributed by atoms with Gasteiger partial charge in [-0.15, -0.1) is 0 Å². The monoisotopic (exact) mass is 343 g/mol. The SMILES string of the molecule is C[C@@H]1CNCCN1S(=O)(=O)C1CCCN(C(=O)C2CCCC2)C1. The van der Waals surface area contributed by atoms with Crippen LogP contribution in [0, 0.1) is 5.92 Å². The second-order valence-electron chi connectivity index (χ2n) is 7.24. The van der Waals surface area contributed by atoms with Gasteiger partial charge < -0.3 is 10.2 Å². The van der Waals surface area contributed by atoms with Crippen LogP contribution < -0.4 is 5.32 Å². The predicted molar refractivity (Wildman–Crippen MR) is 89.5 cm³/mol. The molecule has 0 aromatic heterocycles.